The molecule has 0 aliphatic carbocycles. The summed E-state index contributed by atoms with van der Waals surface area (Å²) < 4.78 is 0. The second kappa shape index (κ2) is 8.69. The summed E-state index contributed by atoms with van der Waals surface area (Å²) in [4.78, 5) is 24.5. The summed E-state index contributed by atoms with van der Waals surface area (Å²) in [5.74, 6) is 0.182. The molecule has 2 fully saturated rings. The van der Waals surface area contributed by atoms with Crippen molar-refractivity contribution in [2.75, 3.05) is 40.3 Å². The lowest BCUT2D eigenvalue weighted by Crippen LogP contribution is -2.46. The van der Waals surface area contributed by atoms with Crippen LogP contribution in [0.25, 0.3) is 11.3 Å². The maximum Gasteiger partial charge on any atom is 0.254 e. The van der Waals surface area contributed by atoms with Gasteiger partial charge in [0.05, 0.1) is 5.69 Å². The van der Waals surface area contributed by atoms with Crippen molar-refractivity contribution in [1.82, 2.24) is 25.0 Å². The smallest absolute Gasteiger partial charge is 0.254 e. The van der Waals surface area contributed by atoms with Crippen LogP contribution in [0, 0.1) is 0 Å². The minimum atomic E-state index is 0.182. The van der Waals surface area contributed by atoms with Crippen molar-refractivity contribution in [3.63, 3.8) is 0 Å². The second-order valence-electron chi connectivity index (χ2n) is 9.50. The van der Waals surface area contributed by atoms with E-state index in [0.717, 1.165) is 67.9 Å². The summed E-state index contributed by atoms with van der Waals surface area (Å²) in [5.41, 5.74) is 5.39. The molecule has 6 heteroatoms. The number of nitrogens with one attached hydrogen (secondary N) is 1. The zero-order valence-electron chi connectivity index (χ0n) is 18.7. The Morgan fingerprint density at radius 3 is 2.87 bits per heavy atom. The summed E-state index contributed by atoms with van der Waals surface area (Å²) in [5, 5.41) is 3.43. The predicted octanol–water partition coefficient (Wildman–Crippen LogP) is 2.59. The molecule has 0 saturated carbocycles. The molecular weight excluding hydrogens is 386 g/mol. The maximum absolute atomic E-state index is 12.9. The van der Waals surface area contributed by atoms with Gasteiger partial charge in [-0.25, -0.2) is 0 Å². The van der Waals surface area contributed by atoms with Gasteiger partial charge in [0.25, 0.3) is 5.91 Å². The van der Waals surface area contributed by atoms with Crippen LogP contribution in [0.3, 0.4) is 0 Å². The number of aromatic nitrogens is 1. The van der Waals surface area contributed by atoms with Crippen LogP contribution in [-0.2, 0) is 13.1 Å². The molecule has 31 heavy (non-hydrogen) atoms. The van der Waals surface area contributed by atoms with E-state index in [1.54, 1.807) is 0 Å². The molecule has 1 amide bonds. The summed E-state index contributed by atoms with van der Waals surface area (Å²) in [7, 11) is 4.34. The van der Waals surface area contributed by atoms with Gasteiger partial charge in [0.2, 0.25) is 0 Å². The largest absolute Gasteiger partial charge is 0.330 e. The van der Waals surface area contributed by atoms with Crippen molar-refractivity contribution in [2.24, 2.45) is 0 Å². The second-order valence-corrected chi connectivity index (χ2v) is 9.50. The Balaban J connectivity index is 1.31. The third-order valence-electron chi connectivity index (χ3n) is 7.15. The Morgan fingerprint density at radius 2 is 2.10 bits per heavy atom. The van der Waals surface area contributed by atoms with Gasteiger partial charge in [-0.15, -0.1) is 0 Å². The summed E-state index contributed by atoms with van der Waals surface area (Å²) >= 11 is 0. The zero-order chi connectivity index (χ0) is 21.4. The zero-order valence-corrected chi connectivity index (χ0v) is 18.7. The highest BCUT2D eigenvalue weighted by Crippen LogP contribution is 2.30. The maximum atomic E-state index is 12.9. The number of fused-ring (bicyclic) bond motifs is 1. The van der Waals surface area contributed by atoms with E-state index >= 15 is 0 Å². The molecule has 1 unspecified atom stereocenters. The molecule has 1 aromatic heterocycles. The Morgan fingerprint density at radius 1 is 1.19 bits per heavy atom. The van der Waals surface area contributed by atoms with Crippen LogP contribution in [0.15, 0.2) is 36.5 Å². The molecule has 0 radical (unpaired) electrons. The molecule has 3 aliphatic heterocycles. The van der Waals surface area contributed by atoms with Gasteiger partial charge in [0.15, 0.2) is 0 Å². The number of pyridine rings is 1. The molecule has 0 spiro atoms. The van der Waals surface area contributed by atoms with Crippen LogP contribution >= 0.6 is 0 Å². The minimum absolute atomic E-state index is 0.182. The van der Waals surface area contributed by atoms with Crippen LogP contribution in [0.5, 0.6) is 0 Å². The molecule has 2 atom stereocenters. The summed E-state index contributed by atoms with van der Waals surface area (Å²) in [6, 6.07) is 11.5. The number of nitrogens with zero attached hydrogens (tertiary/aromatic N) is 4. The average Bonchev–Trinajstić information content (AvgIpc) is 3.39. The van der Waals surface area contributed by atoms with Gasteiger partial charge in [-0.3, -0.25) is 14.7 Å². The molecule has 3 aliphatic rings. The van der Waals surface area contributed by atoms with E-state index < -0.39 is 0 Å². The fraction of sp³-hybridized carbons (Fsp3) is 0.520. The van der Waals surface area contributed by atoms with Crippen LogP contribution < -0.4 is 5.32 Å². The van der Waals surface area contributed by atoms with Crippen LogP contribution in [0.1, 0.15) is 40.7 Å². The number of piperidine rings is 1. The number of likely N-dealkylation sites (tertiary alicyclic amines) is 1. The fourth-order valence-electron chi connectivity index (χ4n) is 5.26. The number of hydrogen-bond donors (Lipinski definition) is 1. The number of carbonyl (C=O) groups is 1. The molecule has 0 bridgehead atoms. The van der Waals surface area contributed by atoms with E-state index in [4.69, 9.17) is 0 Å². The lowest BCUT2D eigenvalue weighted by Gasteiger charge is -2.31. The molecule has 1 N–H and O–H groups in total. The molecule has 4 heterocycles. The quantitative estimate of drug-likeness (QED) is 0.807. The van der Waals surface area contributed by atoms with Crippen molar-refractivity contribution in [3.05, 3.63) is 53.2 Å². The van der Waals surface area contributed by atoms with Crippen LogP contribution in [0.4, 0.5) is 0 Å². The highest BCUT2D eigenvalue weighted by Gasteiger charge is 2.33. The first kappa shape index (κ1) is 20.6. The summed E-state index contributed by atoms with van der Waals surface area (Å²) in [6.45, 7) is 5.91. The number of hydrogen-bond acceptors (Lipinski definition) is 5. The molecule has 2 aromatic rings. The molecular formula is C25H33N5O. The van der Waals surface area contributed by atoms with Gasteiger partial charge in [0.1, 0.15) is 0 Å². The topological polar surface area (TPSA) is 51.7 Å². The highest BCUT2D eigenvalue weighted by molar-refractivity contribution is 5.99. The first-order valence-corrected chi connectivity index (χ1v) is 11.6. The fourth-order valence-corrected chi connectivity index (χ4v) is 5.26. The average molecular weight is 420 g/mol. The predicted molar refractivity (Wildman–Crippen MR) is 123 cm³/mol. The number of amides is 1. The van der Waals surface area contributed by atoms with Gasteiger partial charge in [0, 0.05) is 62.1 Å². The molecule has 6 nitrogen and oxygen atoms in total. The minimum Gasteiger partial charge on any atom is -0.330 e. The number of likely N-dealkylation sites (N-methyl/N-ethyl adjacent to an activating group) is 1. The van der Waals surface area contributed by atoms with Crippen molar-refractivity contribution in [2.45, 2.75) is 44.4 Å². The number of rotatable bonds is 5. The Kier molecular flexibility index (Phi) is 5.78. The summed E-state index contributed by atoms with van der Waals surface area (Å²) in [6.07, 6.45) is 5.38. The van der Waals surface area contributed by atoms with Crippen LogP contribution in [0.2, 0.25) is 0 Å². The SMILES string of the molecule is CN(C)[C@H]1CCN(Cc2ccnc(-c3ccc4c(c3)CN(C3CCCNC3)C4=O)c2)C1. The lowest BCUT2D eigenvalue weighted by atomic mass is 10.0. The number of benzene rings is 1. The standard InChI is InChI=1S/C25H33N5O/c1-28(2)22-8-11-29(17-22)15-18-7-10-27-24(12-18)19-5-6-23-20(13-19)16-30(25(23)31)21-4-3-9-26-14-21/h5-7,10,12-13,21-22,26H,3-4,8-9,11,14-17H2,1-2H3/t21?,22-/m0/s1. The molecule has 1 aromatic carbocycles. The van der Waals surface area contributed by atoms with E-state index in [1.165, 1.54) is 12.0 Å². The van der Waals surface area contributed by atoms with Gasteiger partial charge >= 0.3 is 0 Å². The van der Waals surface area contributed by atoms with Gasteiger partial charge in [-0.1, -0.05) is 6.07 Å². The third kappa shape index (κ3) is 4.25. The van der Waals surface area contributed by atoms with E-state index in [-0.39, 0.29) is 5.91 Å². The Bertz CT molecular complexity index is 953. The Labute approximate surface area is 185 Å². The molecule has 5 rings (SSSR count). The molecule has 164 valence electrons. The van der Waals surface area contributed by atoms with Gasteiger partial charge < -0.3 is 15.1 Å². The van der Waals surface area contributed by atoms with Gasteiger partial charge in [-0.05, 0) is 75.3 Å². The van der Waals surface area contributed by atoms with Crippen molar-refractivity contribution in [3.8, 4) is 11.3 Å². The van der Waals surface area contributed by atoms with Crippen molar-refractivity contribution in [1.29, 1.82) is 0 Å². The highest BCUT2D eigenvalue weighted by atomic mass is 16.2. The van der Waals surface area contributed by atoms with E-state index in [0.29, 0.717) is 18.6 Å². The first-order chi connectivity index (χ1) is 15.1. The van der Waals surface area contributed by atoms with Gasteiger partial charge in [-0.2, -0.15) is 0 Å². The van der Waals surface area contributed by atoms with Crippen molar-refractivity contribution >= 4 is 5.91 Å². The van der Waals surface area contributed by atoms with E-state index in [2.05, 4.69) is 63.4 Å². The van der Waals surface area contributed by atoms with Crippen molar-refractivity contribution < 1.29 is 4.79 Å². The Hall–Kier alpha value is -2.28. The van der Waals surface area contributed by atoms with Crippen LogP contribution in [-0.4, -0.2) is 77.9 Å². The first-order valence-electron chi connectivity index (χ1n) is 11.6. The normalized spacial score (nSPS) is 24.2. The van der Waals surface area contributed by atoms with E-state index in [1.807, 2.05) is 12.3 Å². The monoisotopic (exact) mass is 419 g/mol. The third-order valence-corrected chi connectivity index (χ3v) is 7.15. The molecule has 2 saturated heterocycles. The lowest BCUT2D eigenvalue weighted by molar-refractivity contribution is 0.0674. The van der Waals surface area contributed by atoms with E-state index in [9.17, 15) is 4.79 Å². The number of carbonyl (C=O) groups excluding carboxylic acids is 1.